The van der Waals surface area contributed by atoms with Gasteiger partial charge in [-0.1, -0.05) is 35.3 Å². The third-order valence-corrected chi connectivity index (χ3v) is 3.42. The van der Waals surface area contributed by atoms with Crippen LogP contribution in [-0.2, 0) is 6.61 Å². The SMILES string of the molecule is Nc1cccc(COc2ccc(Cl)c(Cl)c2)c1C(=O)O. The van der Waals surface area contributed by atoms with E-state index in [-0.39, 0.29) is 17.9 Å². The number of anilines is 1. The minimum Gasteiger partial charge on any atom is -0.489 e. The molecule has 4 nitrogen and oxygen atoms in total. The van der Waals surface area contributed by atoms with Gasteiger partial charge in [0.1, 0.15) is 12.4 Å². The second-order valence-electron chi connectivity index (χ2n) is 4.05. The third kappa shape index (κ3) is 3.15. The van der Waals surface area contributed by atoms with Crippen LogP contribution in [0, 0.1) is 0 Å². The minimum atomic E-state index is -1.09. The average molecular weight is 312 g/mol. The van der Waals surface area contributed by atoms with Gasteiger partial charge < -0.3 is 15.6 Å². The maximum Gasteiger partial charge on any atom is 0.338 e. The number of ether oxygens (including phenoxy) is 1. The molecule has 0 aliphatic heterocycles. The summed E-state index contributed by atoms with van der Waals surface area (Å²) in [7, 11) is 0. The Labute approximate surface area is 125 Å². The van der Waals surface area contributed by atoms with Crippen molar-refractivity contribution < 1.29 is 14.6 Å². The Kier molecular flexibility index (Phi) is 4.37. The number of nitrogens with two attached hydrogens (primary N) is 1. The molecule has 0 spiro atoms. The second kappa shape index (κ2) is 6.03. The van der Waals surface area contributed by atoms with Gasteiger partial charge >= 0.3 is 5.97 Å². The van der Waals surface area contributed by atoms with Crippen LogP contribution in [0.3, 0.4) is 0 Å². The summed E-state index contributed by atoms with van der Waals surface area (Å²) in [5.74, 6) is -0.589. The molecule has 0 unspecified atom stereocenters. The summed E-state index contributed by atoms with van der Waals surface area (Å²) in [6.45, 7) is 0.0740. The number of carbonyl (C=O) groups is 1. The summed E-state index contributed by atoms with van der Waals surface area (Å²) in [6.07, 6.45) is 0. The van der Waals surface area contributed by atoms with E-state index in [0.717, 1.165) is 0 Å². The molecule has 20 heavy (non-hydrogen) atoms. The van der Waals surface area contributed by atoms with Crippen molar-refractivity contribution in [2.24, 2.45) is 0 Å². The monoisotopic (exact) mass is 311 g/mol. The lowest BCUT2D eigenvalue weighted by atomic mass is 10.1. The van der Waals surface area contributed by atoms with Crippen LogP contribution in [-0.4, -0.2) is 11.1 Å². The molecule has 104 valence electrons. The van der Waals surface area contributed by atoms with Gasteiger partial charge in [-0.05, 0) is 18.2 Å². The number of carboxylic acids is 1. The molecule has 3 N–H and O–H groups in total. The van der Waals surface area contributed by atoms with Crippen LogP contribution in [0.25, 0.3) is 0 Å². The van der Waals surface area contributed by atoms with Crippen molar-refractivity contribution in [3.8, 4) is 5.75 Å². The average Bonchev–Trinajstić information content (AvgIpc) is 2.39. The van der Waals surface area contributed by atoms with E-state index in [1.807, 2.05) is 0 Å². The zero-order chi connectivity index (χ0) is 14.7. The van der Waals surface area contributed by atoms with E-state index in [0.29, 0.717) is 21.4 Å². The summed E-state index contributed by atoms with van der Waals surface area (Å²) < 4.78 is 5.51. The van der Waals surface area contributed by atoms with Crippen molar-refractivity contribution >= 4 is 34.9 Å². The van der Waals surface area contributed by atoms with Gasteiger partial charge in [0.25, 0.3) is 0 Å². The van der Waals surface area contributed by atoms with Crippen molar-refractivity contribution in [2.75, 3.05) is 5.73 Å². The molecule has 2 rings (SSSR count). The van der Waals surface area contributed by atoms with E-state index in [1.165, 1.54) is 6.07 Å². The number of hydrogen-bond acceptors (Lipinski definition) is 3. The Morgan fingerprint density at radius 2 is 1.95 bits per heavy atom. The molecule has 0 radical (unpaired) electrons. The Bertz CT molecular complexity index is 659. The molecular weight excluding hydrogens is 301 g/mol. The van der Waals surface area contributed by atoms with Crippen molar-refractivity contribution in [1.82, 2.24) is 0 Å². The predicted octanol–water partition coefficient (Wildman–Crippen LogP) is 3.85. The fourth-order valence-corrected chi connectivity index (χ4v) is 2.02. The first kappa shape index (κ1) is 14.5. The lowest BCUT2D eigenvalue weighted by molar-refractivity contribution is 0.0695. The summed E-state index contributed by atoms with van der Waals surface area (Å²) in [4.78, 5) is 11.2. The molecule has 0 saturated heterocycles. The van der Waals surface area contributed by atoms with Gasteiger partial charge in [-0.2, -0.15) is 0 Å². The maximum atomic E-state index is 11.2. The maximum absolute atomic E-state index is 11.2. The fourth-order valence-electron chi connectivity index (χ4n) is 1.73. The van der Waals surface area contributed by atoms with E-state index < -0.39 is 5.97 Å². The largest absolute Gasteiger partial charge is 0.489 e. The molecule has 0 saturated carbocycles. The fraction of sp³-hybridized carbons (Fsp3) is 0.0714. The predicted molar refractivity (Wildman–Crippen MR) is 78.6 cm³/mol. The van der Waals surface area contributed by atoms with E-state index in [4.69, 9.17) is 38.8 Å². The van der Waals surface area contributed by atoms with E-state index in [2.05, 4.69) is 0 Å². The molecule has 0 fully saturated rings. The van der Waals surface area contributed by atoms with Crippen molar-refractivity contribution in [3.05, 3.63) is 57.6 Å². The van der Waals surface area contributed by atoms with Crippen LogP contribution < -0.4 is 10.5 Å². The Morgan fingerprint density at radius 3 is 2.60 bits per heavy atom. The van der Waals surface area contributed by atoms with Crippen LogP contribution >= 0.6 is 23.2 Å². The standard InChI is InChI=1S/C14H11Cl2NO3/c15-10-5-4-9(6-11(10)16)20-7-8-2-1-3-12(17)13(8)14(18)19/h1-6H,7,17H2,(H,18,19). The summed E-state index contributed by atoms with van der Waals surface area (Å²) >= 11 is 11.7. The van der Waals surface area contributed by atoms with Gasteiger partial charge in [0.15, 0.2) is 0 Å². The van der Waals surface area contributed by atoms with Gasteiger partial charge in [0.2, 0.25) is 0 Å². The molecule has 0 bridgehead atoms. The molecule has 6 heteroatoms. The molecular formula is C14H11Cl2NO3. The topological polar surface area (TPSA) is 72.5 Å². The normalized spacial score (nSPS) is 10.3. The van der Waals surface area contributed by atoms with Crippen molar-refractivity contribution in [2.45, 2.75) is 6.61 Å². The highest BCUT2D eigenvalue weighted by atomic mass is 35.5. The molecule has 0 aliphatic carbocycles. The number of benzene rings is 2. The van der Waals surface area contributed by atoms with Gasteiger partial charge in [-0.15, -0.1) is 0 Å². The number of hydrogen-bond donors (Lipinski definition) is 2. The summed E-state index contributed by atoms with van der Waals surface area (Å²) in [5.41, 5.74) is 6.40. The number of carboxylic acid groups (broad SMARTS) is 1. The van der Waals surface area contributed by atoms with Crippen LogP contribution in [0.15, 0.2) is 36.4 Å². The Hall–Kier alpha value is -1.91. The van der Waals surface area contributed by atoms with Gasteiger partial charge in [0, 0.05) is 17.3 Å². The summed E-state index contributed by atoms with van der Waals surface area (Å²) in [6, 6.07) is 9.69. The smallest absolute Gasteiger partial charge is 0.338 e. The Morgan fingerprint density at radius 1 is 1.20 bits per heavy atom. The Balaban J connectivity index is 2.21. The van der Waals surface area contributed by atoms with Gasteiger partial charge in [0.05, 0.1) is 15.6 Å². The van der Waals surface area contributed by atoms with Crippen molar-refractivity contribution in [3.63, 3.8) is 0 Å². The third-order valence-electron chi connectivity index (χ3n) is 2.68. The first-order valence-electron chi connectivity index (χ1n) is 5.67. The lowest BCUT2D eigenvalue weighted by Gasteiger charge is -2.11. The van der Waals surface area contributed by atoms with Gasteiger partial charge in [-0.3, -0.25) is 0 Å². The van der Waals surface area contributed by atoms with Crippen LogP contribution in [0.1, 0.15) is 15.9 Å². The zero-order valence-corrected chi connectivity index (χ0v) is 11.8. The van der Waals surface area contributed by atoms with Crippen LogP contribution in [0.5, 0.6) is 5.75 Å². The first-order valence-corrected chi connectivity index (χ1v) is 6.43. The molecule has 2 aromatic rings. The number of halogens is 2. The summed E-state index contributed by atoms with van der Waals surface area (Å²) in [5, 5.41) is 9.95. The number of aromatic carboxylic acids is 1. The molecule has 0 amide bonds. The second-order valence-corrected chi connectivity index (χ2v) is 4.87. The van der Waals surface area contributed by atoms with E-state index in [1.54, 1.807) is 30.3 Å². The molecule has 0 heterocycles. The highest BCUT2D eigenvalue weighted by Crippen LogP contribution is 2.27. The van der Waals surface area contributed by atoms with E-state index >= 15 is 0 Å². The zero-order valence-electron chi connectivity index (χ0n) is 10.3. The van der Waals surface area contributed by atoms with Crippen LogP contribution in [0.2, 0.25) is 10.0 Å². The molecule has 0 atom stereocenters. The van der Waals surface area contributed by atoms with Crippen molar-refractivity contribution in [1.29, 1.82) is 0 Å². The number of nitrogen functional groups attached to an aromatic ring is 1. The van der Waals surface area contributed by atoms with Gasteiger partial charge in [-0.25, -0.2) is 4.79 Å². The lowest BCUT2D eigenvalue weighted by Crippen LogP contribution is -2.09. The molecule has 0 aromatic heterocycles. The molecule has 2 aromatic carbocycles. The molecule has 0 aliphatic rings. The first-order chi connectivity index (χ1) is 9.49. The quantitative estimate of drug-likeness (QED) is 0.841. The number of rotatable bonds is 4. The van der Waals surface area contributed by atoms with Crippen LogP contribution in [0.4, 0.5) is 5.69 Å². The van der Waals surface area contributed by atoms with E-state index in [9.17, 15) is 4.79 Å². The highest BCUT2D eigenvalue weighted by molar-refractivity contribution is 6.42. The highest BCUT2D eigenvalue weighted by Gasteiger charge is 2.14. The minimum absolute atomic E-state index is 0.0487.